The summed E-state index contributed by atoms with van der Waals surface area (Å²) in [6.45, 7) is 5.82. The van der Waals surface area contributed by atoms with Crippen molar-refractivity contribution in [3.05, 3.63) is 34.5 Å². The maximum Gasteiger partial charge on any atom is 0.223 e. The fourth-order valence-corrected chi connectivity index (χ4v) is 2.42. The van der Waals surface area contributed by atoms with E-state index in [9.17, 15) is 0 Å². The third-order valence-electron chi connectivity index (χ3n) is 2.05. The first-order valence-corrected chi connectivity index (χ1v) is 6.23. The van der Waals surface area contributed by atoms with Crippen LogP contribution in [0.25, 0.3) is 0 Å². The molecule has 0 radical (unpaired) electrons. The molecule has 88 valence electrons. The third-order valence-corrected chi connectivity index (χ3v) is 3.20. The molecule has 0 fully saturated rings. The van der Waals surface area contributed by atoms with Crippen LogP contribution in [-0.2, 0) is 0 Å². The molecular formula is C11H11ClN4S. The summed E-state index contributed by atoms with van der Waals surface area (Å²) in [5, 5.41) is 1.71. The second-order valence-corrected chi connectivity index (χ2v) is 4.96. The highest BCUT2D eigenvalue weighted by atomic mass is 35.5. The average Bonchev–Trinajstić information content (AvgIpc) is 2.22. The van der Waals surface area contributed by atoms with Gasteiger partial charge in [0.1, 0.15) is 5.03 Å². The predicted molar refractivity (Wildman–Crippen MR) is 67.4 cm³/mol. The smallest absolute Gasteiger partial charge is 0.223 e. The molecule has 0 saturated carbocycles. The van der Waals surface area contributed by atoms with Gasteiger partial charge in [0.15, 0.2) is 5.16 Å². The molecule has 2 aromatic rings. The van der Waals surface area contributed by atoms with Crippen LogP contribution in [-0.4, -0.2) is 19.9 Å². The SMILES string of the molecule is Cc1cc(C)nc(Sc2nc(Cl)ncc2C)n1. The van der Waals surface area contributed by atoms with Crippen LogP contribution in [0, 0.1) is 20.8 Å². The van der Waals surface area contributed by atoms with E-state index >= 15 is 0 Å². The average molecular weight is 267 g/mol. The zero-order valence-corrected chi connectivity index (χ0v) is 11.3. The van der Waals surface area contributed by atoms with Crippen LogP contribution in [0.15, 0.2) is 22.4 Å². The van der Waals surface area contributed by atoms with Crippen LogP contribution >= 0.6 is 23.4 Å². The highest BCUT2D eigenvalue weighted by Gasteiger charge is 2.08. The minimum atomic E-state index is 0.238. The zero-order chi connectivity index (χ0) is 12.4. The molecule has 0 unspecified atom stereocenters. The molecule has 17 heavy (non-hydrogen) atoms. The standard InChI is InChI=1S/C11H11ClN4S/c1-6-5-13-10(12)16-9(6)17-11-14-7(2)4-8(3)15-11/h4-5H,1-3H3. The van der Waals surface area contributed by atoms with Gasteiger partial charge in [-0.05, 0) is 50.2 Å². The molecule has 0 aliphatic heterocycles. The molecule has 2 rings (SSSR count). The Kier molecular flexibility index (Phi) is 3.59. The lowest BCUT2D eigenvalue weighted by atomic mass is 10.4. The summed E-state index contributed by atoms with van der Waals surface area (Å²) < 4.78 is 0. The quantitative estimate of drug-likeness (QED) is 0.618. The van der Waals surface area contributed by atoms with Crippen LogP contribution < -0.4 is 0 Å². The highest BCUT2D eigenvalue weighted by molar-refractivity contribution is 7.99. The van der Waals surface area contributed by atoms with Crippen molar-refractivity contribution in [3.63, 3.8) is 0 Å². The Hall–Kier alpha value is -1.20. The Morgan fingerprint density at radius 1 is 1.06 bits per heavy atom. The summed E-state index contributed by atoms with van der Waals surface area (Å²) in [7, 11) is 0. The molecule has 2 heterocycles. The van der Waals surface area contributed by atoms with Gasteiger partial charge in [0, 0.05) is 23.1 Å². The summed E-state index contributed by atoms with van der Waals surface area (Å²) >= 11 is 7.17. The minimum Gasteiger partial charge on any atom is -0.228 e. The largest absolute Gasteiger partial charge is 0.228 e. The summed E-state index contributed by atoms with van der Waals surface area (Å²) in [6.07, 6.45) is 1.69. The van der Waals surface area contributed by atoms with Crippen LogP contribution in [0.5, 0.6) is 0 Å². The number of rotatable bonds is 2. The fraction of sp³-hybridized carbons (Fsp3) is 0.273. The van der Waals surface area contributed by atoms with Gasteiger partial charge in [-0.15, -0.1) is 0 Å². The van der Waals surface area contributed by atoms with Gasteiger partial charge >= 0.3 is 0 Å². The van der Waals surface area contributed by atoms with Crippen molar-refractivity contribution >= 4 is 23.4 Å². The zero-order valence-electron chi connectivity index (χ0n) is 9.73. The second-order valence-electron chi connectivity index (χ2n) is 3.66. The number of hydrogen-bond acceptors (Lipinski definition) is 5. The van der Waals surface area contributed by atoms with Crippen LogP contribution in [0.3, 0.4) is 0 Å². The van der Waals surface area contributed by atoms with Gasteiger partial charge < -0.3 is 0 Å². The lowest BCUT2D eigenvalue weighted by Crippen LogP contribution is -1.95. The van der Waals surface area contributed by atoms with Crippen molar-refractivity contribution in [3.8, 4) is 0 Å². The van der Waals surface area contributed by atoms with Gasteiger partial charge in [0.25, 0.3) is 0 Å². The predicted octanol–water partition coefficient (Wildman–Crippen LogP) is 3.00. The first-order chi connectivity index (χ1) is 8.04. The van der Waals surface area contributed by atoms with Gasteiger partial charge in [-0.2, -0.15) is 0 Å². The topological polar surface area (TPSA) is 51.6 Å². The van der Waals surface area contributed by atoms with Crippen molar-refractivity contribution in [2.45, 2.75) is 31.0 Å². The molecule has 6 heteroatoms. The monoisotopic (exact) mass is 266 g/mol. The summed E-state index contributed by atoms with van der Waals surface area (Å²) in [5.41, 5.74) is 2.85. The van der Waals surface area contributed by atoms with E-state index in [2.05, 4.69) is 19.9 Å². The number of aryl methyl sites for hydroxylation is 3. The van der Waals surface area contributed by atoms with Gasteiger partial charge in [-0.1, -0.05) is 0 Å². The van der Waals surface area contributed by atoms with E-state index in [0.717, 1.165) is 22.0 Å². The molecule has 0 amide bonds. The fourth-order valence-electron chi connectivity index (χ4n) is 1.34. The summed E-state index contributed by atoms with van der Waals surface area (Å²) in [5.74, 6) is 0. The lowest BCUT2D eigenvalue weighted by Gasteiger charge is -2.04. The van der Waals surface area contributed by atoms with E-state index in [1.54, 1.807) is 6.20 Å². The molecule has 0 aliphatic rings. The van der Waals surface area contributed by atoms with Gasteiger partial charge in [-0.25, -0.2) is 19.9 Å². The summed E-state index contributed by atoms with van der Waals surface area (Å²) in [4.78, 5) is 16.8. The third kappa shape index (κ3) is 3.14. The molecule has 4 nitrogen and oxygen atoms in total. The first-order valence-electron chi connectivity index (χ1n) is 5.04. The first kappa shape index (κ1) is 12.3. The number of aromatic nitrogens is 4. The van der Waals surface area contributed by atoms with Crippen LogP contribution in [0.4, 0.5) is 0 Å². The van der Waals surface area contributed by atoms with Crippen molar-refractivity contribution in [1.29, 1.82) is 0 Å². The molecular weight excluding hydrogens is 256 g/mol. The summed E-state index contributed by atoms with van der Waals surface area (Å²) in [6, 6.07) is 1.93. The Bertz CT molecular complexity index is 539. The molecule has 0 saturated heterocycles. The molecule has 0 atom stereocenters. The Labute approximate surface area is 109 Å². The number of hydrogen-bond donors (Lipinski definition) is 0. The van der Waals surface area contributed by atoms with E-state index in [1.165, 1.54) is 11.8 Å². The molecule has 0 spiro atoms. The lowest BCUT2D eigenvalue weighted by molar-refractivity contribution is 0.894. The van der Waals surface area contributed by atoms with E-state index in [4.69, 9.17) is 11.6 Å². The Morgan fingerprint density at radius 3 is 2.35 bits per heavy atom. The van der Waals surface area contributed by atoms with Crippen molar-refractivity contribution in [2.75, 3.05) is 0 Å². The van der Waals surface area contributed by atoms with E-state index < -0.39 is 0 Å². The van der Waals surface area contributed by atoms with Crippen molar-refractivity contribution < 1.29 is 0 Å². The Balaban J connectivity index is 2.34. The molecule has 0 aromatic carbocycles. The molecule has 0 N–H and O–H groups in total. The van der Waals surface area contributed by atoms with Crippen molar-refractivity contribution in [1.82, 2.24) is 19.9 Å². The van der Waals surface area contributed by atoms with Gasteiger partial charge in [0.2, 0.25) is 5.28 Å². The second kappa shape index (κ2) is 4.98. The normalized spacial score (nSPS) is 10.6. The van der Waals surface area contributed by atoms with Gasteiger partial charge in [-0.3, -0.25) is 0 Å². The molecule has 2 aromatic heterocycles. The molecule has 0 aliphatic carbocycles. The van der Waals surface area contributed by atoms with Crippen LogP contribution in [0.1, 0.15) is 17.0 Å². The number of nitrogens with zero attached hydrogens (tertiary/aromatic N) is 4. The van der Waals surface area contributed by atoms with Gasteiger partial charge in [0.05, 0.1) is 0 Å². The highest BCUT2D eigenvalue weighted by Crippen LogP contribution is 2.26. The maximum absolute atomic E-state index is 5.77. The van der Waals surface area contributed by atoms with Crippen molar-refractivity contribution in [2.24, 2.45) is 0 Å². The van der Waals surface area contributed by atoms with E-state index in [0.29, 0.717) is 5.16 Å². The number of halogens is 1. The Morgan fingerprint density at radius 2 is 1.71 bits per heavy atom. The minimum absolute atomic E-state index is 0.238. The maximum atomic E-state index is 5.77. The van der Waals surface area contributed by atoms with E-state index in [1.807, 2.05) is 26.8 Å². The van der Waals surface area contributed by atoms with Crippen LogP contribution in [0.2, 0.25) is 5.28 Å². The molecule has 0 bridgehead atoms. The van der Waals surface area contributed by atoms with E-state index in [-0.39, 0.29) is 5.28 Å².